The SMILES string of the molecule is CSC(SC)=C(C(=O)c1ccc(C)cc1)C(F)(F)F. The van der Waals surface area contributed by atoms with Crippen LogP contribution >= 0.6 is 23.5 Å². The molecule has 0 spiro atoms. The molecule has 6 heteroatoms. The normalized spacial score (nSPS) is 11.3. The number of carbonyl (C=O) groups is 1. The summed E-state index contributed by atoms with van der Waals surface area (Å²) in [5.41, 5.74) is -0.140. The molecule has 0 saturated carbocycles. The average Bonchev–Trinajstić information content (AvgIpc) is 2.34. The number of ketones is 1. The van der Waals surface area contributed by atoms with Crippen LogP contribution in [0.1, 0.15) is 15.9 Å². The van der Waals surface area contributed by atoms with Crippen molar-refractivity contribution in [3.8, 4) is 0 Å². The summed E-state index contributed by atoms with van der Waals surface area (Å²) >= 11 is 1.87. The summed E-state index contributed by atoms with van der Waals surface area (Å²) in [5, 5.41) is 0. The second-order valence-corrected chi connectivity index (χ2v) is 5.66. The number of hydrogen-bond donors (Lipinski definition) is 0. The van der Waals surface area contributed by atoms with Crippen LogP contribution in [0, 0.1) is 6.92 Å². The number of alkyl halides is 3. The van der Waals surface area contributed by atoms with Crippen LogP contribution < -0.4 is 0 Å². The van der Waals surface area contributed by atoms with Gasteiger partial charge in [-0.05, 0) is 19.4 Å². The number of carbonyl (C=O) groups excluding carboxylic acids is 1. The Morgan fingerprint density at radius 2 is 1.53 bits per heavy atom. The Balaban J connectivity index is 3.31. The van der Waals surface area contributed by atoms with Gasteiger partial charge in [0.05, 0.1) is 4.24 Å². The summed E-state index contributed by atoms with van der Waals surface area (Å²) in [6.45, 7) is 1.81. The quantitative estimate of drug-likeness (QED) is 0.594. The maximum Gasteiger partial charge on any atom is 0.421 e. The highest BCUT2D eigenvalue weighted by molar-refractivity contribution is 8.21. The molecule has 0 aliphatic heterocycles. The van der Waals surface area contributed by atoms with Gasteiger partial charge in [-0.2, -0.15) is 13.2 Å². The van der Waals surface area contributed by atoms with E-state index in [1.807, 2.05) is 6.92 Å². The molecule has 0 saturated heterocycles. The number of Topliss-reactive ketones (excluding diaryl/α,β-unsaturated/α-hetero) is 1. The Morgan fingerprint density at radius 1 is 1.05 bits per heavy atom. The van der Waals surface area contributed by atoms with Crippen LogP contribution in [0.2, 0.25) is 0 Å². The standard InChI is InChI=1S/C13H13F3OS2/c1-8-4-6-9(7-5-8)11(17)10(13(14,15)16)12(18-2)19-3/h4-7H,1-3H3. The van der Waals surface area contributed by atoms with Gasteiger partial charge in [0.1, 0.15) is 5.57 Å². The predicted molar refractivity (Wildman–Crippen MR) is 75.6 cm³/mol. The Labute approximate surface area is 118 Å². The molecule has 0 amide bonds. The van der Waals surface area contributed by atoms with Gasteiger partial charge in [-0.1, -0.05) is 29.8 Å². The number of thioether (sulfide) groups is 2. The molecule has 1 nitrogen and oxygen atoms in total. The molecule has 0 unspecified atom stereocenters. The first-order chi connectivity index (χ1) is 8.81. The van der Waals surface area contributed by atoms with Crippen LogP contribution in [0.4, 0.5) is 13.2 Å². The lowest BCUT2D eigenvalue weighted by atomic mass is 10.0. The van der Waals surface area contributed by atoms with Crippen LogP contribution in [-0.4, -0.2) is 24.5 Å². The van der Waals surface area contributed by atoms with Crippen LogP contribution in [0.25, 0.3) is 0 Å². The van der Waals surface area contributed by atoms with E-state index in [1.165, 1.54) is 24.6 Å². The van der Waals surface area contributed by atoms with E-state index in [1.54, 1.807) is 12.1 Å². The van der Waals surface area contributed by atoms with E-state index < -0.39 is 17.5 Å². The molecule has 0 aliphatic rings. The van der Waals surface area contributed by atoms with Crippen molar-refractivity contribution in [3.63, 3.8) is 0 Å². The Hall–Kier alpha value is -0.880. The van der Waals surface area contributed by atoms with Gasteiger partial charge in [-0.15, -0.1) is 23.5 Å². The van der Waals surface area contributed by atoms with Crippen molar-refractivity contribution in [3.05, 3.63) is 45.2 Å². The third-order valence-electron chi connectivity index (χ3n) is 2.40. The fourth-order valence-corrected chi connectivity index (χ4v) is 2.97. The van der Waals surface area contributed by atoms with Gasteiger partial charge < -0.3 is 0 Å². The van der Waals surface area contributed by atoms with E-state index >= 15 is 0 Å². The third kappa shape index (κ3) is 4.04. The van der Waals surface area contributed by atoms with Crippen molar-refractivity contribution in [2.45, 2.75) is 13.1 Å². The number of allylic oxidation sites excluding steroid dienone is 1. The summed E-state index contributed by atoms with van der Waals surface area (Å²) in [6.07, 6.45) is -1.59. The van der Waals surface area contributed by atoms with E-state index in [2.05, 4.69) is 0 Å². The highest BCUT2D eigenvalue weighted by Gasteiger charge is 2.41. The minimum atomic E-state index is -4.65. The maximum atomic E-state index is 13.1. The molecule has 104 valence electrons. The predicted octanol–water partition coefficient (Wildman–Crippen LogP) is 4.68. The van der Waals surface area contributed by atoms with Gasteiger partial charge >= 0.3 is 6.18 Å². The molecule has 0 aromatic heterocycles. The lowest BCUT2D eigenvalue weighted by Crippen LogP contribution is -2.21. The molecule has 0 heterocycles. The summed E-state index contributed by atoms with van der Waals surface area (Å²) in [7, 11) is 0. The van der Waals surface area contributed by atoms with E-state index in [0.717, 1.165) is 29.1 Å². The average molecular weight is 306 g/mol. The number of aryl methyl sites for hydroxylation is 1. The molecular formula is C13H13F3OS2. The monoisotopic (exact) mass is 306 g/mol. The van der Waals surface area contributed by atoms with Gasteiger partial charge in [0.25, 0.3) is 0 Å². The van der Waals surface area contributed by atoms with Crippen molar-refractivity contribution in [1.29, 1.82) is 0 Å². The smallest absolute Gasteiger partial charge is 0.289 e. The summed E-state index contributed by atoms with van der Waals surface area (Å²) in [5.74, 6) is -0.980. The minimum absolute atomic E-state index is 0.0157. The Bertz CT molecular complexity index is 484. The number of hydrogen-bond acceptors (Lipinski definition) is 3. The minimum Gasteiger partial charge on any atom is -0.289 e. The number of rotatable bonds is 4. The maximum absolute atomic E-state index is 13.1. The van der Waals surface area contributed by atoms with Crippen LogP contribution in [0.15, 0.2) is 34.1 Å². The zero-order chi connectivity index (χ0) is 14.6. The first kappa shape index (κ1) is 16.2. The molecule has 1 aromatic carbocycles. The number of benzene rings is 1. The largest absolute Gasteiger partial charge is 0.421 e. The van der Waals surface area contributed by atoms with Crippen LogP contribution in [0.3, 0.4) is 0 Å². The second kappa shape index (κ2) is 6.52. The first-order valence-corrected chi connectivity index (χ1v) is 7.77. The van der Waals surface area contributed by atoms with Crippen LogP contribution in [-0.2, 0) is 0 Å². The summed E-state index contributed by atoms with van der Waals surface area (Å²) < 4.78 is 39.1. The zero-order valence-corrected chi connectivity index (χ0v) is 12.3. The lowest BCUT2D eigenvalue weighted by molar-refractivity contribution is -0.0887. The molecule has 0 aliphatic carbocycles. The van der Waals surface area contributed by atoms with Gasteiger partial charge in [0, 0.05) is 5.56 Å². The van der Waals surface area contributed by atoms with Crippen molar-refractivity contribution in [2.24, 2.45) is 0 Å². The van der Waals surface area contributed by atoms with Gasteiger partial charge in [0.2, 0.25) is 0 Å². The Kier molecular flexibility index (Phi) is 5.55. The molecular weight excluding hydrogens is 293 g/mol. The molecule has 19 heavy (non-hydrogen) atoms. The number of halogens is 3. The van der Waals surface area contributed by atoms with E-state index in [9.17, 15) is 18.0 Å². The summed E-state index contributed by atoms with van der Waals surface area (Å²) in [4.78, 5) is 12.1. The first-order valence-electron chi connectivity index (χ1n) is 5.32. The van der Waals surface area contributed by atoms with Gasteiger partial charge in [0.15, 0.2) is 5.78 Å². The van der Waals surface area contributed by atoms with E-state index in [4.69, 9.17) is 0 Å². The molecule has 0 radical (unpaired) electrons. The van der Waals surface area contributed by atoms with Gasteiger partial charge in [-0.25, -0.2) is 0 Å². The molecule has 0 N–H and O–H groups in total. The highest BCUT2D eigenvalue weighted by Crippen LogP contribution is 2.38. The Morgan fingerprint density at radius 3 is 1.89 bits per heavy atom. The molecule has 1 rings (SSSR count). The van der Waals surface area contributed by atoms with Gasteiger partial charge in [-0.3, -0.25) is 4.79 Å². The highest BCUT2D eigenvalue weighted by atomic mass is 32.2. The molecule has 0 atom stereocenters. The molecule has 1 aromatic rings. The van der Waals surface area contributed by atoms with E-state index in [-0.39, 0.29) is 9.80 Å². The zero-order valence-electron chi connectivity index (χ0n) is 10.7. The third-order valence-corrected chi connectivity index (χ3v) is 4.55. The fourth-order valence-electron chi connectivity index (χ4n) is 1.47. The molecule has 0 fully saturated rings. The molecule has 0 bridgehead atoms. The van der Waals surface area contributed by atoms with Crippen molar-refractivity contribution in [2.75, 3.05) is 12.5 Å². The summed E-state index contributed by atoms with van der Waals surface area (Å²) in [6, 6.07) is 6.08. The lowest BCUT2D eigenvalue weighted by Gasteiger charge is -2.14. The van der Waals surface area contributed by atoms with Crippen LogP contribution in [0.5, 0.6) is 0 Å². The van der Waals surface area contributed by atoms with Crippen molar-refractivity contribution >= 4 is 29.3 Å². The van der Waals surface area contributed by atoms with E-state index in [0.29, 0.717) is 0 Å². The van der Waals surface area contributed by atoms with Crippen molar-refractivity contribution in [1.82, 2.24) is 0 Å². The second-order valence-electron chi connectivity index (χ2n) is 3.76. The van der Waals surface area contributed by atoms with Crippen molar-refractivity contribution < 1.29 is 18.0 Å². The topological polar surface area (TPSA) is 17.1 Å². The fraction of sp³-hybridized carbons (Fsp3) is 0.308.